The number of anilines is 4. The summed E-state index contributed by atoms with van der Waals surface area (Å²) in [4.78, 5) is 5.50. The minimum absolute atomic E-state index is 0.0650. The second-order valence-corrected chi connectivity index (χ2v) is 27.2. The quantitative estimate of drug-likeness (QED) is 0.153. The molecule has 0 aromatic heterocycles. The van der Waals surface area contributed by atoms with E-state index in [-0.39, 0.29) is 31.6 Å². The van der Waals surface area contributed by atoms with Crippen LogP contribution in [-0.4, -0.2) is 43.2 Å². The molecule has 8 rings (SSSR count). The molecule has 0 bridgehead atoms. The molecule has 4 aromatic rings. The monoisotopic (exact) mass is 892 g/mol. The van der Waals surface area contributed by atoms with E-state index in [1.165, 1.54) is 75.7 Å². The molecule has 0 amide bonds. The van der Waals surface area contributed by atoms with Crippen molar-refractivity contribution in [1.29, 1.82) is 0 Å². The highest BCUT2D eigenvalue weighted by Gasteiger charge is 2.43. The third kappa shape index (κ3) is 9.98. The van der Waals surface area contributed by atoms with Gasteiger partial charge >= 0.3 is 0 Å². The summed E-state index contributed by atoms with van der Waals surface area (Å²) in [5.74, 6) is 3.07. The summed E-state index contributed by atoms with van der Waals surface area (Å²) in [5.41, 5.74) is 13.7. The van der Waals surface area contributed by atoms with Crippen LogP contribution in [-0.2, 0) is 6.42 Å². The van der Waals surface area contributed by atoms with Crippen LogP contribution in [0.5, 0.6) is 0 Å². The molecule has 0 fully saturated rings. The first kappa shape index (κ1) is 46.2. The number of allylic oxidation sites excluding steroid dienone is 1. The molecule has 4 aliphatic rings. The summed E-state index contributed by atoms with van der Waals surface area (Å²) < 4.78 is 0.288. The maximum atomic E-state index is 3.82. The molecule has 4 heterocycles. The van der Waals surface area contributed by atoms with Crippen LogP contribution in [0.3, 0.4) is 0 Å². The van der Waals surface area contributed by atoms with Crippen LogP contribution in [0.2, 0.25) is 0 Å². The molecular formula is C53H72N4S4. The van der Waals surface area contributed by atoms with Gasteiger partial charge in [-0.3, -0.25) is 0 Å². The SMILES string of the molecule is CC(C)=Cc1cc(C(c2ccc3c(c2)SCC(C)(C)N3)C(C)C)cc2c1NC(C)(C)CS2.CC1(C)Nc2ccc(Cc3ccc4c(c3)SC(C)(C)C(C)(C)N4)cc2SC1(C)C. The molecule has 0 spiro atoms. The Morgan fingerprint density at radius 2 is 1.03 bits per heavy atom. The van der Waals surface area contributed by atoms with Crippen molar-refractivity contribution in [2.45, 2.75) is 174 Å². The Kier molecular flexibility index (Phi) is 12.6. The Balaban J connectivity index is 0.000000185. The lowest BCUT2D eigenvalue weighted by Crippen LogP contribution is -2.51. The fourth-order valence-corrected chi connectivity index (χ4v) is 13.3. The normalized spacial score (nSPS) is 20.9. The van der Waals surface area contributed by atoms with Crippen molar-refractivity contribution in [3.05, 3.63) is 100 Å². The summed E-state index contributed by atoms with van der Waals surface area (Å²) in [6.45, 7) is 36.7. The second kappa shape index (κ2) is 16.7. The van der Waals surface area contributed by atoms with Gasteiger partial charge in [0.1, 0.15) is 0 Å². The van der Waals surface area contributed by atoms with Crippen molar-refractivity contribution in [2.75, 3.05) is 32.8 Å². The minimum Gasteiger partial charge on any atom is -0.378 e. The predicted molar refractivity (Wildman–Crippen MR) is 277 cm³/mol. The fourth-order valence-electron chi connectivity index (χ4n) is 8.46. The topological polar surface area (TPSA) is 48.1 Å². The molecule has 0 saturated carbocycles. The van der Waals surface area contributed by atoms with Crippen molar-refractivity contribution in [2.24, 2.45) is 5.92 Å². The zero-order valence-electron chi connectivity index (χ0n) is 39.8. The van der Waals surface area contributed by atoms with E-state index >= 15 is 0 Å². The molecule has 0 aliphatic carbocycles. The van der Waals surface area contributed by atoms with Gasteiger partial charge in [0.15, 0.2) is 0 Å². The number of thioether (sulfide) groups is 4. The van der Waals surface area contributed by atoms with Gasteiger partial charge in [-0.2, -0.15) is 0 Å². The highest BCUT2D eigenvalue weighted by Crippen LogP contribution is 2.52. The average Bonchev–Trinajstić information content (AvgIpc) is 3.12. The zero-order chi connectivity index (χ0) is 44.5. The summed E-state index contributed by atoms with van der Waals surface area (Å²) in [6.07, 6.45) is 3.30. The van der Waals surface area contributed by atoms with Crippen LogP contribution in [0.4, 0.5) is 22.7 Å². The van der Waals surface area contributed by atoms with Crippen LogP contribution in [0.1, 0.15) is 145 Å². The first-order chi connectivity index (χ1) is 28.2. The van der Waals surface area contributed by atoms with Crippen molar-refractivity contribution < 1.29 is 0 Å². The van der Waals surface area contributed by atoms with E-state index in [9.17, 15) is 0 Å². The largest absolute Gasteiger partial charge is 0.378 e. The van der Waals surface area contributed by atoms with Crippen LogP contribution >= 0.6 is 47.0 Å². The van der Waals surface area contributed by atoms with Gasteiger partial charge in [-0.25, -0.2) is 0 Å². The van der Waals surface area contributed by atoms with Crippen LogP contribution < -0.4 is 21.3 Å². The summed E-state index contributed by atoms with van der Waals surface area (Å²) in [7, 11) is 0. The number of hydrogen-bond acceptors (Lipinski definition) is 8. The molecule has 0 saturated heterocycles. The minimum atomic E-state index is 0.0650. The Bertz CT molecular complexity index is 2250. The molecule has 4 aliphatic heterocycles. The Labute approximate surface area is 386 Å². The first-order valence-electron chi connectivity index (χ1n) is 22.2. The number of fused-ring (bicyclic) bond motifs is 4. The first-order valence-corrected chi connectivity index (χ1v) is 25.8. The highest BCUT2D eigenvalue weighted by molar-refractivity contribution is 8.01. The van der Waals surface area contributed by atoms with Crippen molar-refractivity contribution in [1.82, 2.24) is 0 Å². The van der Waals surface area contributed by atoms with E-state index in [0.717, 1.165) is 17.9 Å². The molecule has 1 atom stereocenters. The smallest absolute Gasteiger partial charge is 0.0556 e. The van der Waals surface area contributed by atoms with E-state index in [0.29, 0.717) is 11.8 Å². The van der Waals surface area contributed by atoms with Gasteiger partial charge in [-0.15, -0.1) is 47.0 Å². The molecule has 4 N–H and O–H groups in total. The van der Waals surface area contributed by atoms with Crippen LogP contribution in [0.25, 0.3) is 6.08 Å². The van der Waals surface area contributed by atoms with Gasteiger partial charge in [-0.05, 0) is 186 Å². The van der Waals surface area contributed by atoms with E-state index in [2.05, 4.69) is 205 Å². The molecular weight excluding hydrogens is 821 g/mol. The van der Waals surface area contributed by atoms with Gasteiger partial charge in [0, 0.05) is 85.7 Å². The molecule has 0 radical (unpaired) electrons. The molecule has 61 heavy (non-hydrogen) atoms. The second-order valence-electron chi connectivity index (χ2n) is 21.8. The van der Waals surface area contributed by atoms with Crippen LogP contribution in [0, 0.1) is 5.92 Å². The molecule has 4 aromatic carbocycles. The lowest BCUT2D eigenvalue weighted by molar-refractivity contribution is 0.442. The third-order valence-corrected chi connectivity index (χ3v) is 19.4. The maximum absolute atomic E-state index is 3.82. The van der Waals surface area contributed by atoms with E-state index in [4.69, 9.17) is 0 Å². The summed E-state index contributed by atoms with van der Waals surface area (Å²) in [5, 5.41) is 15.0. The molecule has 1 unspecified atom stereocenters. The van der Waals surface area contributed by atoms with E-state index in [1.54, 1.807) is 0 Å². The molecule has 8 heteroatoms. The van der Waals surface area contributed by atoms with Gasteiger partial charge in [0.2, 0.25) is 0 Å². The maximum Gasteiger partial charge on any atom is 0.0556 e. The number of nitrogens with one attached hydrogen (secondary N) is 4. The lowest BCUT2D eigenvalue weighted by Gasteiger charge is -2.47. The van der Waals surface area contributed by atoms with Crippen molar-refractivity contribution >= 4 is 75.9 Å². The Morgan fingerprint density at radius 1 is 0.557 bits per heavy atom. The number of hydrogen-bond donors (Lipinski definition) is 4. The van der Waals surface area contributed by atoms with Crippen molar-refractivity contribution in [3.8, 4) is 0 Å². The average molecular weight is 893 g/mol. The Morgan fingerprint density at radius 3 is 1.56 bits per heavy atom. The Hall–Kier alpha value is -2.78. The molecule has 4 nitrogen and oxygen atoms in total. The summed E-state index contributed by atoms with van der Waals surface area (Å²) >= 11 is 7.96. The zero-order valence-corrected chi connectivity index (χ0v) is 43.1. The number of rotatable bonds is 6. The van der Waals surface area contributed by atoms with Gasteiger partial charge in [0.05, 0.1) is 5.69 Å². The summed E-state index contributed by atoms with van der Waals surface area (Å²) in [6, 6.07) is 25.8. The van der Waals surface area contributed by atoms with Gasteiger partial charge in [-0.1, -0.05) is 43.7 Å². The highest BCUT2D eigenvalue weighted by atomic mass is 32.2. The van der Waals surface area contributed by atoms with E-state index in [1.807, 2.05) is 47.0 Å². The molecule has 328 valence electrons. The van der Waals surface area contributed by atoms with E-state index < -0.39 is 0 Å². The fraction of sp³-hybridized carbons (Fsp3) is 0.509. The van der Waals surface area contributed by atoms with Crippen LogP contribution in [0.15, 0.2) is 91.9 Å². The third-order valence-electron chi connectivity index (χ3n) is 13.2. The standard InChI is InChI=1S/C28H38N2S2.C25H34N2S2/c1-17(2)11-21-12-20(14-24-26(21)30-28(7,8)16-32-24)25(18(3)4)19-9-10-22-23(13-19)31-15-27(5,6)29-22;1-22(2)24(5,6)28-20-14-16(9-11-18(20)26-22)13-17-10-12-19-21(15-17)29-25(7,8)23(3,4)27-19/h9-14,18,25,29-30H,15-16H2,1-8H3;9-12,14-15,26-27H,13H2,1-8H3. The van der Waals surface area contributed by atoms with Crippen molar-refractivity contribution in [3.63, 3.8) is 0 Å². The van der Waals surface area contributed by atoms with Gasteiger partial charge < -0.3 is 21.3 Å². The predicted octanol–water partition coefficient (Wildman–Crippen LogP) is 15.9. The lowest BCUT2D eigenvalue weighted by atomic mass is 9.81. The number of benzene rings is 4. The van der Waals surface area contributed by atoms with Gasteiger partial charge in [0.25, 0.3) is 0 Å².